The number of aliphatic hydroxyl groups excluding tert-OH is 2. The minimum Gasteiger partial charge on any atom is -0.387 e. The van der Waals surface area contributed by atoms with Gasteiger partial charge in [-0.3, -0.25) is 9.09 Å². The highest BCUT2D eigenvalue weighted by Gasteiger charge is 2.46. The molecule has 7 atom stereocenters. The van der Waals surface area contributed by atoms with Crippen molar-refractivity contribution in [2.45, 2.75) is 24.5 Å². The molecule has 8 N–H and O–H groups in total. The average Bonchev–Trinajstić information content (AvgIpc) is 3.27. The maximum atomic E-state index is 11.8. The number of imidazole rings is 1. The quantitative estimate of drug-likeness (QED) is 0.106. The summed E-state index contributed by atoms with van der Waals surface area (Å²) >= 11 is 0. The van der Waals surface area contributed by atoms with Crippen molar-refractivity contribution in [3.63, 3.8) is 0 Å². The molecule has 23 heteroatoms. The number of rotatable bonds is 10. The standard InChI is InChI=1S/C10H16N5O15P3/c11-8-5-9(13-2-12-8)15(3-14-5)10-7(17)6(16)4(26-10)1-25-31(19,20)28-29-33(23,24)30-32(21,22)27-18/h2-4,6-7,10,16-18H,1H2,(H,19,20)(H,21,22)(H,23,24)(H2,11,12,13)/t4-,6-,7-,10-/m1/s1. The highest BCUT2D eigenvalue weighted by Crippen LogP contribution is 2.62. The van der Waals surface area contributed by atoms with Crippen molar-refractivity contribution in [3.05, 3.63) is 12.7 Å². The molecule has 0 radical (unpaired) electrons. The summed E-state index contributed by atoms with van der Waals surface area (Å²) < 4.78 is 58.7. The van der Waals surface area contributed by atoms with E-state index in [1.807, 2.05) is 0 Å². The van der Waals surface area contributed by atoms with E-state index in [4.69, 9.17) is 25.5 Å². The number of aliphatic hydroxyl groups is 2. The molecular formula is C10H16N5O15P3. The fraction of sp³-hybridized carbons (Fsp3) is 0.500. The highest BCUT2D eigenvalue weighted by molar-refractivity contribution is 7.61. The second-order valence-corrected chi connectivity index (χ2v) is 10.3. The molecule has 0 spiro atoms. The normalized spacial score (nSPS) is 28.9. The first-order chi connectivity index (χ1) is 15.3. The van der Waals surface area contributed by atoms with Crippen molar-refractivity contribution in [1.29, 1.82) is 0 Å². The summed E-state index contributed by atoms with van der Waals surface area (Å²) in [5.41, 5.74) is 6.01. The van der Waals surface area contributed by atoms with E-state index >= 15 is 0 Å². The van der Waals surface area contributed by atoms with Gasteiger partial charge in [0.05, 0.1) is 12.9 Å². The Morgan fingerprint density at radius 3 is 2.36 bits per heavy atom. The van der Waals surface area contributed by atoms with Gasteiger partial charge in [-0.25, -0.2) is 33.9 Å². The molecule has 0 aromatic carbocycles. The second kappa shape index (κ2) is 9.67. The Kier molecular flexibility index (Phi) is 7.67. The van der Waals surface area contributed by atoms with E-state index in [-0.39, 0.29) is 17.0 Å². The van der Waals surface area contributed by atoms with Crippen molar-refractivity contribution < 1.29 is 71.4 Å². The van der Waals surface area contributed by atoms with Gasteiger partial charge in [-0.1, -0.05) is 0 Å². The minimum atomic E-state index is -5.65. The van der Waals surface area contributed by atoms with Crippen molar-refractivity contribution in [2.24, 2.45) is 0 Å². The van der Waals surface area contributed by atoms with Crippen LogP contribution in [0.5, 0.6) is 0 Å². The summed E-state index contributed by atoms with van der Waals surface area (Å²) in [5.74, 6) is 0.0401. The molecule has 0 bridgehead atoms. The summed E-state index contributed by atoms with van der Waals surface area (Å²) in [6, 6.07) is 0. The van der Waals surface area contributed by atoms with Gasteiger partial charge in [0.2, 0.25) is 0 Å². The minimum absolute atomic E-state index is 0.0401. The Hall–Kier alpha value is -1.44. The molecule has 186 valence electrons. The zero-order valence-electron chi connectivity index (χ0n) is 15.7. The van der Waals surface area contributed by atoms with Crippen LogP contribution in [0.1, 0.15) is 6.23 Å². The number of nitrogens with zero attached hydrogens (tertiary/aromatic N) is 4. The number of nitrogens with two attached hydrogens (primary N) is 1. The van der Waals surface area contributed by atoms with Crippen LogP contribution in [0.15, 0.2) is 12.7 Å². The molecule has 1 fully saturated rings. The number of hydrogen-bond donors (Lipinski definition) is 7. The third-order valence-electron chi connectivity index (χ3n) is 3.93. The van der Waals surface area contributed by atoms with Crippen LogP contribution in [-0.2, 0) is 41.3 Å². The molecule has 1 aliphatic rings. The van der Waals surface area contributed by atoms with E-state index in [2.05, 4.69) is 37.8 Å². The second-order valence-electron chi connectivity index (χ2n) is 6.14. The molecular weight excluding hydrogens is 523 g/mol. The Morgan fingerprint density at radius 2 is 1.70 bits per heavy atom. The first kappa shape index (κ1) is 26.2. The SMILES string of the molecule is Nc1ncnc2c1ncn2[C@@H]1O[C@H](COP(=O)(O)OOP(=O)(O)OP(=O)(O)OO)[C@@H](O)[C@H]1O. The van der Waals surface area contributed by atoms with Gasteiger partial charge in [0.1, 0.15) is 30.2 Å². The van der Waals surface area contributed by atoms with E-state index < -0.39 is 54.6 Å². The van der Waals surface area contributed by atoms with Gasteiger partial charge in [-0.15, -0.1) is 14.0 Å². The van der Waals surface area contributed by atoms with E-state index in [9.17, 15) is 28.8 Å². The van der Waals surface area contributed by atoms with Crippen LogP contribution >= 0.6 is 23.5 Å². The van der Waals surface area contributed by atoms with Gasteiger partial charge in [0, 0.05) is 0 Å². The van der Waals surface area contributed by atoms with Crippen molar-refractivity contribution in [1.82, 2.24) is 19.5 Å². The first-order valence-electron chi connectivity index (χ1n) is 8.25. The molecule has 1 saturated heterocycles. The fourth-order valence-corrected chi connectivity index (χ4v) is 4.91. The van der Waals surface area contributed by atoms with Crippen LogP contribution in [0.25, 0.3) is 11.2 Å². The lowest BCUT2D eigenvalue weighted by atomic mass is 10.1. The average molecular weight is 539 g/mol. The molecule has 3 unspecified atom stereocenters. The lowest BCUT2D eigenvalue weighted by Gasteiger charge is -2.18. The van der Waals surface area contributed by atoms with Crippen LogP contribution in [0, 0.1) is 0 Å². The Morgan fingerprint density at radius 1 is 1.03 bits per heavy atom. The van der Waals surface area contributed by atoms with E-state index in [0.29, 0.717) is 0 Å². The van der Waals surface area contributed by atoms with Crippen molar-refractivity contribution >= 4 is 40.4 Å². The molecule has 0 amide bonds. The van der Waals surface area contributed by atoms with Gasteiger partial charge in [-0.2, -0.15) is 4.31 Å². The topological polar surface area (TPSA) is 298 Å². The fourth-order valence-electron chi connectivity index (χ4n) is 2.59. The number of phosphoric ester groups is 1. The first-order valence-corrected chi connectivity index (χ1v) is 12.7. The zero-order valence-corrected chi connectivity index (χ0v) is 18.4. The summed E-state index contributed by atoms with van der Waals surface area (Å²) in [6.45, 7) is -0.926. The van der Waals surface area contributed by atoms with Gasteiger partial charge in [0.15, 0.2) is 17.7 Å². The maximum absolute atomic E-state index is 11.8. The van der Waals surface area contributed by atoms with Gasteiger partial charge in [-0.05, 0) is 0 Å². The van der Waals surface area contributed by atoms with E-state index in [0.717, 1.165) is 6.33 Å². The lowest BCUT2D eigenvalue weighted by molar-refractivity contribution is -0.169. The molecule has 2 aromatic rings. The third kappa shape index (κ3) is 6.17. The van der Waals surface area contributed by atoms with Crippen LogP contribution in [0.3, 0.4) is 0 Å². The lowest BCUT2D eigenvalue weighted by Crippen LogP contribution is -2.33. The number of nitrogen functional groups attached to an aromatic ring is 1. The molecule has 0 saturated carbocycles. The predicted octanol–water partition coefficient (Wildman–Crippen LogP) is -1.20. The number of fused-ring (bicyclic) bond motifs is 1. The summed E-state index contributed by atoms with van der Waals surface area (Å²) in [6.07, 6.45) is -3.66. The number of hydrogen-bond acceptors (Lipinski definition) is 16. The van der Waals surface area contributed by atoms with Crippen LogP contribution in [0.4, 0.5) is 5.82 Å². The van der Waals surface area contributed by atoms with Gasteiger partial charge >= 0.3 is 23.5 Å². The largest absolute Gasteiger partial charge is 0.508 e. The Bertz CT molecular complexity index is 1140. The monoisotopic (exact) mass is 539 g/mol. The van der Waals surface area contributed by atoms with Crippen LogP contribution in [0.2, 0.25) is 0 Å². The van der Waals surface area contributed by atoms with Gasteiger partial charge in [0.25, 0.3) is 0 Å². The molecule has 0 aliphatic carbocycles. The molecule has 2 aromatic heterocycles. The summed E-state index contributed by atoms with van der Waals surface area (Å²) in [4.78, 5) is 39.0. The smallest absolute Gasteiger partial charge is 0.387 e. The van der Waals surface area contributed by atoms with Crippen LogP contribution < -0.4 is 5.73 Å². The molecule has 3 heterocycles. The summed E-state index contributed by atoms with van der Waals surface area (Å²) in [7, 11) is -16.4. The summed E-state index contributed by atoms with van der Waals surface area (Å²) in [5, 5.41) is 28.5. The Balaban J connectivity index is 1.62. The number of aromatic nitrogens is 4. The van der Waals surface area contributed by atoms with E-state index in [1.54, 1.807) is 0 Å². The molecule has 1 aliphatic heterocycles. The third-order valence-corrected chi connectivity index (χ3v) is 6.91. The number of ether oxygens (including phenoxy) is 1. The molecule has 3 rings (SSSR count). The maximum Gasteiger partial charge on any atom is 0.508 e. The highest BCUT2D eigenvalue weighted by atomic mass is 31.3. The number of anilines is 1. The Labute approximate surface area is 181 Å². The van der Waals surface area contributed by atoms with Crippen LogP contribution in [-0.4, -0.2) is 74.6 Å². The van der Waals surface area contributed by atoms with Gasteiger partial charge < -0.3 is 35.4 Å². The molecule has 33 heavy (non-hydrogen) atoms. The van der Waals surface area contributed by atoms with Crippen molar-refractivity contribution in [2.75, 3.05) is 12.3 Å². The zero-order chi connectivity index (χ0) is 24.6. The van der Waals surface area contributed by atoms with Crippen molar-refractivity contribution in [3.8, 4) is 0 Å². The molecule has 20 nitrogen and oxygen atoms in total. The number of phosphoric acid groups is 3. The predicted molar refractivity (Wildman–Crippen MR) is 98.1 cm³/mol. The van der Waals surface area contributed by atoms with E-state index in [1.165, 1.54) is 10.9 Å².